The summed E-state index contributed by atoms with van der Waals surface area (Å²) in [7, 11) is 1.65. The van der Waals surface area contributed by atoms with E-state index in [0.717, 1.165) is 19.4 Å². The van der Waals surface area contributed by atoms with Crippen molar-refractivity contribution in [1.29, 1.82) is 0 Å². The second-order valence-corrected chi connectivity index (χ2v) is 4.15. The highest BCUT2D eigenvalue weighted by Gasteiger charge is 2.23. The number of hydrogen-bond donors (Lipinski definition) is 2. The molecule has 5 nitrogen and oxygen atoms in total. The smallest absolute Gasteiger partial charge is 0.221 e. The number of carbonyl (C=O) groups excluding carboxylic acids is 1. The number of nitrogens with zero attached hydrogens (tertiary/aromatic N) is 1. The predicted molar refractivity (Wildman–Crippen MR) is 61.2 cm³/mol. The van der Waals surface area contributed by atoms with Crippen molar-refractivity contribution in [2.45, 2.75) is 25.3 Å². The fraction of sp³-hybridized carbons (Fsp3) is 0.909. The summed E-state index contributed by atoms with van der Waals surface area (Å²) >= 11 is 0. The average molecular weight is 230 g/mol. The molecule has 0 aliphatic heterocycles. The second-order valence-electron chi connectivity index (χ2n) is 4.15. The molecular weight excluding hydrogens is 208 g/mol. The molecule has 0 aromatic rings. The van der Waals surface area contributed by atoms with E-state index in [9.17, 15) is 4.79 Å². The van der Waals surface area contributed by atoms with Crippen LogP contribution in [0.1, 0.15) is 19.3 Å². The molecule has 0 atom stereocenters. The van der Waals surface area contributed by atoms with Gasteiger partial charge in [0.1, 0.15) is 0 Å². The summed E-state index contributed by atoms with van der Waals surface area (Å²) in [6.45, 7) is 2.79. The van der Waals surface area contributed by atoms with Crippen molar-refractivity contribution in [3.8, 4) is 0 Å². The molecule has 1 aliphatic rings. The lowest BCUT2D eigenvalue weighted by molar-refractivity contribution is -0.121. The number of carbonyl (C=O) groups is 1. The third-order valence-corrected chi connectivity index (χ3v) is 2.63. The molecule has 1 saturated carbocycles. The minimum absolute atomic E-state index is 0.114. The summed E-state index contributed by atoms with van der Waals surface area (Å²) in [4.78, 5) is 13.5. The highest BCUT2D eigenvalue weighted by molar-refractivity contribution is 5.76. The van der Waals surface area contributed by atoms with E-state index in [-0.39, 0.29) is 12.5 Å². The van der Waals surface area contributed by atoms with Crippen LogP contribution in [0.15, 0.2) is 0 Å². The van der Waals surface area contributed by atoms with Crippen molar-refractivity contribution in [3.63, 3.8) is 0 Å². The van der Waals surface area contributed by atoms with Gasteiger partial charge in [-0.05, 0) is 12.8 Å². The van der Waals surface area contributed by atoms with Crippen molar-refractivity contribution in [2.24, 2.45) is 0 Å². The first-order chi connectivity index (χ1) is 7.76. The van der Waals surface area contributed by atoms with Crippen molar-refractivity contribution in [1.82, 2.24) is 10.2 Å². The van der Waals surface area contributed by atoms with Crippen LogP contribution in [-0.2, 0) is 9.53 Å². The number of aliphatic hydroxyl groups is 1. The van der Waals surface area contributed by atoms with E-state index in [2.05, 4.69) is 5.32 Å². The molecule has 0 aromatic heterocycles. The lowest BCUT2D eigenvalue weighted by atomic mass is 10.3. The summed E-state index contributed by atoms with van der Waals surface area (Å²) in [5, 5.41) is 11.8. The van der Waals surface area contributed by atoms with Gasteiger partial charge in [-0.3, -0.25) is 9.69 Å². The molecule has 2 N–H and O–H groups in total. The standard InChI is InChI=1S/C11H22N2O3/c1-16-9-7-13(6-8-14)5-4-11(15)12-10-2-3-10/h10,14H,2-9H2,1H3,(H,12,15). The molecule has 5 heteroatoms. The van der Waals surface area contributed by atoms with Gasteiger partial charge in [0.05, 0.1) is 13.2 Å². The molecule has 0 saturated heterocycles. The van der Waals surface area contributed by atoms with Crippen LogP contribution in [0.3, 0.4) is 0 Å². The van der Waals surface area contributed by atoms with Crippen LogP contribution in [0.4, 0.5) is 0 Å². The summed E-state index contributed by atoms with van der Waals surface area (Å²) in [6, 6.07) is 0.428. The summed E-state index contributed by atoms with van der Waals surface area (Å²) < 4.78 is 4.98. The van der Waals surface area contributed by atoms with Crippen LogP contribution >= 0.6 is 0 Å². The van der Waals surface area contributed by atoms with E-state index >= 15 is 0 Å². The number of methoxy groups -OCH3 is 1. The molecule has 16 heavy (non-hydrogen) atoms. The lowest BCUT2D eigenvalue weighted by Crippen LogP contribution is -2.35. The third kappa shape index (κ3) is 6.05. The van der Waals surface area contributed by atoms with E-state index in [4.69, 9.17) is 9.84 Å². The Morgan fingerprint density at radius 1 is 1.44 bits per heavy atom. The number of hydrogen-bond acceptors (Lipinski definition) is 4. The van der Waals surface area contributed by atoms with Gasteiger partial charge in [0.25, 0.3) is 0 Å². The predicted octanol–water partition coefficient (Wildman–Crippen LogP) is -0.404. The third-order valence-electron chi connectivity index (χ3n) is 2.63. The monoisotopic (exact) mass is 230 g/mol. The number of rotatable bonds is 9. The summed E-state index contributed by atoms with van der Waals surface area (Å²) in [5.41, 5.74) is 0. The Morgan fingerprint density at radius 2 is 2.19 bits per heavy atom. The highest BCUT2D eigenvalue weighted by atomic mass is 16.5. The number of ether oxygens (including phenoxy) is 1. The zero-order valence-corrected chi connectivity index (χ0v) is 9.95. The molecule has 0 heterocycles. The van der Waals surface area contributed by atoms with Crippen molar-refractivity contribution in [3.05, 3.63) is 0 Å². The van der Waals surface area contributed by atoms with Crippen molar-refractivity contribution in [2.75, 3.05) is 40.0 Å². The maximum atomic E-state index is 11.4. The molecule has 0 aromatic carbocycles. The topological polar surface area (TPSA) is 61.8 Å². The first-order valence-corrected chi connectivity index (χ1v) is 5.87. The summed E-state index contributed by atoms with van der Waals surface area (Å²) in [6.07, 6.45) is 2.74. The van der Waals surface area contributed by atoms with Crippen molar-refractivity contribution >= 4 is 5.91 Å². The Balaban J connectivity index is 2.11. The van der Waals surface area contributed by atoms with Crippen LogP contribution in [0, 0.1) is 0 Å². The van der Waals surface area contributed by atoms with Gasteiger partial charge in [0, 0.05) is 39.2 Å². The Kier molecular flexibility index (Phi) is 6.37. The number of nitrogens with one attached hydrogen (secondary N) is 1. The molecule has 0 radical (unpaired) electrons. The maximum Gasteiger partial charge on any atom is 0.221 e. The molecule has 1 aliphatic carbocycles. The Bertz CT molecular complexity index is 207. The highest BCUT2D eigenvalue weighted by Crippen LogP contribution is 2.18. The normalized spacial score (nSPS) is 15.4. The molecule has 0 unspecified atom stereocenters. The zero-order valence-electron chi connectivity index (χ0n) is 9.95. The quantitative estimate of drug-likeness (QED) is 0.565. The van der Waals surface area contributed by atoms with E-state index in [1.165, 1.54) is 0 Å². The van der Waals surface area contributed by atoms with Crippen LogP contribution < -0.4 is 5.32 Å². The molecule has 1 amide bonds. The molecule has 0 spiro atoms. The molecule has 1 fully saturated rings. The Morgan fingerprint density at radius 3 is 2.75 bits per heavy atom. The van der Waals surface area contributed by atoms with Crippen LogP contribution in [0.5, 0.6) is 0 Å². The van der Waals surface area contributed by atoms with Gasteiger partial charge in [-0.1, -0.05) is 0 Å². The van der Waals surface area contributed by atoms with Gasteiger partial charge in [-0.15, -0.1) is 0 Å². The van der Waals surface area contributed by atoms with E-state index in [1.54, 1.807) is 7.11 Å². The maximum absolute atomic E-state index is 11.4. The second kappa shape index (κ2) is 7.60. The first kappa shape index (κ1) is 13.4. The van der Waals surface area contributed by atoms with Gasteiger partial charge in [-0.25, -0.2) is 0 Å². The fourth-order valence-corrected chi connectivity index (χ4v) is 1.48. The molecular formula is C11H22N2O3. The molecule has 1 rings (SSSR count). The van der Waals surface area contributed by atoms with Gasteiger partial charge in [-0.2, -0.15) is 0 Å². The summed E-state index contributed by atoms with van der Waals surface area (Å²) in [5.74, 6) is 0.114. The Labute approximate surface area is 96.8 Å². The average Bonchev–Trinajstić information content (AvgIpc) is 3.06. The fourth-order valence-electron chi connectivity index (χ4n) is 1.48. The first-order valence-electron chi connectivity index (χ1n) is 5.87. The van der Waals surface area contributed by atoms with E-state index in [0.29, 0.717) is 32.2 Å². The minimum atomic E-state index is 0.114. The Hall–Kier alpha value is -0.650. The van der Waals surface area contributed by atoms with Gasteiger partial charge in [0.2, 0.25) is 5.91 Å². The molecule has 94 valence electrons. The number of amides is 1. The van der Waals surface area contributed by atoms with Crippen molar-refractivity contribution < 1.29 is 14.6 Å². The van der Waals surface area contributed by atoms with Crippen LogP contribution in [0.2, 0.25) is 0 Å². The van der Waals surface area contributed by atoms with Gasteiger partial charge < -0.3 is 15.2 Å². The zero-order chi connectivity index (χ0) is 11.8. The minimum Gasteiger partial charge on any atom is -0.395 e. The van der Waals surface area contributed by atoms with E-state index in [1.807, 2.05) is 4.90 Å². The van der Waals surface area contributed by atoms with Gasteiger partial charge in [0.15, 0.2) is 0 Å². The van der Waals surface area contributed by atoms with E-state index < -0.39 is 0 Å². The SMILES string of the molecule is COCCN(CCO)CCC(=O)NC1CC1. The number of aliphatic hydroxyl groups excluding tert-OH is 1. The van der Waals surface area contributed by atoms with Crippen LogP contribution in [-0.4, -0.2) is 61.9 Å². The molecule has 0 bridgehead atoms. The van der Waals surface area contributed by atoms with Gasteiger partial charge >= 0.3 is 0 Å². The largest absolute Gasteiger partial charge is 0.395 e. The van der Waals surface area contributed by atoms with Crippen LogP contribution in [0.25, 0.3) is 0 Å². The lowest BCUT2D eigenvalue weighted by Gasteiger charge is -2.20.